The van der Waals surface area contributed by atoms with Crippen molar-refractivity contribution in [3.8, 4) is 11.8 Å². The van der Waals surface area contributed by atoms with Gasteiger partial charge in [0.25, 0.3) is 0 Å². The van der Waals surface area contributed by atoms with Gasteiger partial charge in [0.2, 0.25) is 5.78 Å². The number of nitrogens with zero attached hydrogens (tertiary/aromatic N) is 1. The third-order valence-electron chi connectivity index (χ3n) is 3.49. The predicted octanol–water partition coefficient (Wildman–Crippen LogP) is 2.80. The van der Waals surface area contributed by atoms with Gasteiger partial charge < -0.3 is 15.2 Å². The minimum atomic E-state index is -0.687. The molecular formula is C18H20N2O4S2. The van der Waals surface area contributed by atoms with E-state index >= 15 is 0 Å². The topological polar surface area (TPSA) is 102 Å². The van der Waals surface area contributed by atoms with Crippen LogP contribution in [0.3, 0.4) is 0 Å². The molecule has 6 nitrogen and oxygen atoms in total. The lowest BCUT2D eigenvalue weighted by Gasteiger charge is -2.21. The summed E-state index contributed by atoms with van der Waals surface area (Å²) in [6.45, 7) is 0.594. The molecule has 1 aromatic rings. The number of allylic oxidation sites excluding steroid dienone is 1. The Morgan fingerprint density at radius 2 is 1.88 bits per heavy atom. The van der Waals surface area contributed by atoms with Crippen LogP contribution in [-0.2, 0) is 14.3 Å². The number of ether oxygens (including phenoxy) is 2. The molecule has 0 amide bonds. The zero-order valence-electron chi connectivity index (χ0n) is 14.4. The van der Waals surface area contributed by atoms with Crippen molar-refractivity contribution in [1.29, 1.82) is 5.26 Å². The third kappa shape index (κ3) is 6.00. The minimum absolute atomic E-state index is 0.0965. The van der Waals surface area contributed by atoms with Gasteiger partial charge in [-0.3, -0.25) is 4.79 Å². The van der Waals surface area contributed by atoms with E-state index in [9.17, 15) is 9.59 Å². The van der Waals surface area contributed by atoms with E-state index in [0.29, 0.717) is 10.3 Å². The highest BCUT2D eigenvalue weighted by molar-refractivity contribution is 8.16. The van der Waals surface area contributed by atoms with Gasteiger partial charge in [0, 0.05) is 5.70 Å². The average molecular weight is 393 g/mol. The summed E-state index contributed by atoms with van der Waals surface area (Å²) in [5.41, 5.74) is 6.55. The number of carbonyl (C=O) groups is 2. The third-order valence-corrected chi connectivity index (χ3v) is 6.50. The summed E-state index contributed by atoms with van der Waals surface area (Å²) < 4.78 is 10.6. The molecule has 26 heavy (non-hydrogen) atoms. The quantitative estimate of drug-likeness (QED) is 0.429. The van der Waals surface area contributed by atoms with Crippen LogP contribution in [0.5, 0.6) is 5.75 Å². The molecule has 0 unspecified atom stereocenters. The zero-order chi connectivity index (χ0) is 18.9. The lowest BCUT2D eigenvalue weighted by Crippen LogP contribution is -2.21. The first-order valence-corrected chi connectivity index (χ1v) is 10.1. The second-order valence-corrected chi connectivity index (χ2v) is 8.26. The number of carbonyl (C=O) groups excluding carboxylic acids is 2. The number of rotatable bonds is 7. The fourth-order valence-corrected chi connectivity index (χ4v) is 5.07. The SMILES string of the molecule is C/C(N)=C(/C#N)C(=O)COC(=O)COc1ccc(C2SCCCS2)cc1. The first-order valence-electron chi connectivity index (χ1n) is 8.02. The van der Waals surface area contributed by atoms with Gasteiger partial charge in [0.15, 0.2) is 13.2 Å². The van der Waals surface area contributed by atoms with Crippen molar-refractivity contribution in [2.75, 3.05) is 24.7 Å². The van der Waals surface area contributed by atoms with E-state index < -0.39 is 18.4 Å². The number of esters is 1. The molecule has 0 aromatic heterocycles. The Kier molecular flexibility index (Phi) is 7.88. The van der Waals surface area contributed by atoms with E-state index in [4.69, 9.17) is 20.5 Å². The molecule has 1 aromatic carbocycles. The Balaban J connectivity index is 1.77. The van der Waals surface area contributed by atoms with Gasteiger partial charge in [-0.05, 0) is 42.5 Å². The summed E-state index contributed by atoms with van der Waals surface area (Å²) in [7, 11) is 0. The van der Waals surface area contributed by atoms with Crippen LogP contribution in [0.4, 0.5) is 0 Å². The Morgan fingerprint density at radius 1 is 1.23 bits per heavy atom. The average Bonchev–Trinajstić information content (AvgIpc) is 2.66. The molecule has 138 valence electrons. The summed E-state index contributed by atoms with van der Waals surface area (Å²) >= 11 is 3.87. The van der Waals surface area contributed by atoms with Gasteiger partial charge in [-0.25, -0.2) is 4.79 Å². The van der Waals surface area contributed by atoms with Crippen molar-refractivity contribution in [3.05, 3.63) is 41.1 Å². The van der Waals surface area contributed by atoms with Gasteiger partial charge in [-0.2, -0.15) is 5.26 Å². The molecular weight excluding hydrogens is 372 g/mol. The molecule has 2 rings (SSSR count). The van der Waals surface area contributed by atoms with E-state index in [1.807, 2.05) is 47.8 Å². The van der Waals surface area contributed by atoms with Crippen LogP contribution in [0, 0.1) is 11.3 Å². The number of Topliss-reactive ketones (excluding diaryl/α,β-unsaturated/α-hetero) is 1. The molecule has 0 bridgehead atoms. The second kappa shape index (κ2) is 10.1. The van der Waals surface area contributed by atoms with Gasteiger partial charge in [-0.15, -0.1) is 23.5 Å². The normalized spacial score (nSPS) is 15.5. The first kappa shape index (κ1) is 20.2. The van der Waals surface area contributed by atoms with Crippen molar-refractivity contribution >= 4 is 35.3 Å². The number of nitriles is 1. The number of benzene rings is 1. The summed E-state index contributed by atoms with van der Waals surface area (Å²) in [4.78, 5) is 23.4. The van der Waals surface area contributed by atoms with Crippen LogP contribution < -0.4 is 10.5 Å². The van der Waals surface area contributed by atoms with Crippen molar-refractivity contribution in [3.63, 3.8) is 0 Å². The van der Waals surface area contributed by atoms with Crippen molar-refractivity contribution in [2.45, 2.75) is 17.9 Å². The highest BCUT2D eigenvalue weighted by Crippen LogP contribution is 2.43. The maximum atomic E-state index is 11.7. The maximum absolute atomic E-state index is 11.7. The van der Waals surface area contributed by atoms with E-state index in [1.54, 1.807) is 6.07 Å². The molecule has 1 aliphatic rings. The molecule has 0 radical (unpaired) electrons. The zero-order valence-corrected chi connectivity index (χ0v) is 16.0. The van der Waals surface area contributed by atoms with Crippen molar-refractivity contribution < 1.29 is 19.1 Å². The summed E-state index contributed by atoms with van der Waals surface area (Å²) in [5, 5.41) is 8.82. The number of hydrogen-bond acceptors (Lipinski definition) is 8. The standard InChI is InChI=1S/C18H20N2O4S2/c1-12(20)15(9-19)16(21)10-24-17(22)11-23-14-5-3-13(4-6-14)18-25-7-2-8-26-18/h3-6,18H,2,7-8,10-11,20H2,1H3/b15-12+. The summed E-state index contributed by atoms with van der Waals surface area (Å²) in [5.74, 6) is 1.58. The Morgan fingerprint density at radius 3 is 2.46 bits per heavy atom. The van der Waals surface area contributed by atoms with Crippen LogP contribution in [0.25, 0.3) is 0 Å². The highest BCUT2D eigenvalue weighted by Gasteiger charge is 2.17. The van der Waals surface area contributed by atoms with Crippen molar-refractivity contribution in [1.82, 2.24) is 0 Å². The first-order chi connectivity index (χ1) is 12.5. The van der Waals surface area contributed by atoms with Gasteiger partial charge >= 0.3 is 5.97 Å². The molecule has 2 N–H and O–H groups in total. The Hall–Kier alpha value is -2.11. The van der Waals surface area contributed by atoms with E-state index in [1.165, 1.54) is 30.4 Å². The predicted molar refractivity (Wildman–Crippen MR) is 103 cm³/mol. The molecule has 0 spiro atoms. The minimum Gasteiger partial charge on any atom is -0.482 e. The molecule has 0 saturated carbocycles. The molecule has 1 heterocycles. The van der Waals surface area contributed by atoms with E-state index in [2.05, 4.69) is 0 Å². The van der Waals surface area contributed by atoms with Crippen molar-refractivity contribution in [2.24, 2.45) is 5.73 Å². The molecule has 1 saturated heterocycles. The number of thioether (sulfide) groups is 2. The number of nitrogens with two attached hydrogens (primary N) is 1. The Bertz CT molecular complexity index is 716. The van der Waals surface area contributed by atoms with Crippen LogP contribution in [0.2, 0.25) is 0 Å². The molecule has 1 aliphatic heterocycles. The van der Waals surface area contributed by atoms with Crippen LogP contribution >= 0.6 is 23.5 Å². The fraction of sp³-hybridized carbons (Fsp3) is 0.389. The van der Waals surface area contributed by atoms with Crippen LogP contribution in [-0.4, -0.2) is 36.5 Å². The van der Waals surface area contributed by atoms with Gasteiger partial charge in [-0.1, -0.05) is 12.1 Å². The van der Waals surface area contributed by atoms with Gasteiger partial charge in [0.05, 0.1) is 4.58 Å². The fourth-order valence-electron chi connectivity index (χ4n) is 2.17. The van der Waals surface area contributed by atoms with Crippen LogP contribution in [0.15, 0.2) is 35.5 Å². The van der Waals surface area contributed by atoms with E-state index in [-0.39, 0.29) is 17.9 Å². The lowest BCUT2D eigenvalue weighted by molar-refractivity contribution is -0.149. The summed E-state index contributed by atoms with van der Waals surface area (Å²) in [6.07, 6.45) is 1.24. The number of ketones is 1. The number of hydrogen-bond donors (Lipinski definition) is 1. The summed E-state index contributed by atoms with van der Waals surface area (Å²) in [6, 6.07) is 9.32. The molecule has 0 atom stereocenters. The molecule has 0 aliphatic carbocycles. The monoisotopic (exact) mass is 392 g/mol. The Labute approximate surface area is 161 Å². The molecule has 1 fully saturated rings. The van der Waals surface area contributed by atoms with Crippen LogP contribution in [0.1, 0.15) is 23.5 Å². The van der Waals surface area contributed by atoms with E-state index in [0.717, 1.165) is 0 Å². The lowest BCUT2D eigenvalue weighted by atomic mass is 10.1. The molecule has 8 heteroatoms. The maximum Gasteiger partial charge on any atom is 0.344 e. The highest BCUT2D eigenvalue weighted by atomic mass is 32.2. The smallest absolute Gasteiger partial charge is 0.344 e. The second-order valence-electron chi connectivity index (χ2n) is 5.54. The van der Waals surface area contributed by atoms with Gasteiger partial charge in [0.1, 0.15) is 17.4 Å². The largest absolute Gasteiger partial charge is 0.482 e.